The van der Waals surface area contributed by atoms with E-state index in [-0.39, 0.29) is 79.6 Å². The molecule has 3 heterocycles. The van der Waals surface area contributed by atoms with Crippen molar-refractivity contribution in [3.63, 3.8) is 0 Å². The zero-order valence-corrected chi connectivity index (χ0v) is 54.2. The average molecular weight is 1310 g/mol. The number of phenols is 1. The standard InChI is InChI=1S/C66H84N14O15/c1-9-35(4)56(62(89)75-49(28-38-32-69-33-71-38)63(90)80-25-11-13-50(80)65(93)94)77-60(87)47(26-36-14-19-41(81)20-15-36)74-61(88)55(34(2)3)76-58(85)46(12-10-24-70-66(67)68)72-59(86)48(31-53(82)83)73-57(84)37-16-21-42(45(27-37)64(91)92)54-43-22-17-39(78(5)6)29-51(43)95-52-30-40(79(7)8)18-23-44(52)54/h14-23,27,29-30,32-35,39,46-50,55-56,81H,9-13,24-26,28,31H2,1-8H3,(H,69,71)(H,72,86)(H,73,84)(H,74,88)(H,75,89)(H,76,85)(H,77,87)(H,82,83)(H,91,92)(H,93,94)(H4,67,68,70)/t35-,39?,46-,47-,48-,49-,50-,55-,56-/m0/s1. The normalized spacial score (nSPS) is 17.0. The molecule has 1 aromatic heterocycles. The van der Waals surface area contributed by atoms with Gasteiger partial charge in [-0.1, -0.05) is 64.5 Å². The van der Waals surface area contributed by atoms with E-state index >= 15 is 0 Å². The van der Waals surface area contributed by atoms with Crippen LogP contribution in [-0.4, -0.2) is 195 Å². The first-order valence-electron chi connectivity index (χ1n) is 31.1. The van der Waals surface area contributed by atoms with Gasteiger partial charge >= 0.3 is 17.9 Å². The number of nitrogens with zero attached hydrogens (tertiary/aromatic N) is 5. The number of aliphatic imine (C=N–C) groups is 1. The van der Waals surface area contributed by atoms with Crippen molar-refractivity contribution in [2.75, 3.05) is 46.2 Å². The molecule has 0 saturated carbocycles. The number of carbonyl (C=O) groups excluding carboxylic acids is 7. The number of hydrogen-bond acceptors (Lipinski definition) is 16. The predicted molar refractivity (Wildman–Crippen MR) is 349 cm³/mol. The molecule has 29 nitrogen and oxygen atoms in total. The summed E-state index contributed by atoms with van der Waals surface area (Å²) in [7, 11) is 7.52. The number of anilines is 1. The number of aromatic hydroxyl groups is 1. The van der Waals surface area contributed by atoms with Gasteiger partial charge in [-0.2, -0.15) is 0 Å². The van der Waals surface area contributed by atoms with Gasteiger partial charge in [-0.05, 0) is 105 Å². The van der Waals surface area contributed by atoms with E-state index in [9.17, 15) is 68.4 Å². The fourth-order valence-electron chi connectivity index (χ4n) is 11.2. The smallest absolute Gasteiger partial charge is 0.336 e. The van der Waals surface area contributed by atoms with Gasteiger partial charge in [0.1, 0.15) is 59.6 Å². The van der Waals surface area contributed by atoms with Gasteiger partial charge in [0.25, 0.3) is 5.91 Å². The number of likely N-dealkylation sites (N-methyl/N-ethyl adjacent to an activating group) is 1. The number of carboxylic acid groups (broad SMARTS) is 3. The van der Waals surface area contributed by atoms with Crippen LogP contribution in [0.5, 0.6) is 11.5 Å². The van der Waals surface area contributed by atoms with Crippen LogP contribution in [0.4, 0.5) is 5.69 Å². The largest absolute Gasteiger partial charge is 0.508 e. The highest BCUT2D eigenvalue weighted by molar-refractivity contribution is 6.05. The number of allylic oxidation sites excluding steroid dienone is 1. The van der Waals surface area contributed by atoms with Crippen LogP contribution in [0.3, 0.4) is 0 Å². The Hall–Kier alpha value is -10.6. The number of imidazole rings is 1. The van der Waals surface area contributed by atoms with Crippen LogP contribution in [-0.2, 0) is 51.2 Å². The van der Waals surface area contributed by atoms with Gasteiger partial charge < -0.3 is 83.3 Å². The molecule has 9 atom stereocenters. The van der Waals surface area contributed by atoms with Crippen LogP contribution in [0, 0.1) is 11.8 Å². The summed E-state index contributed by atoms with van der Waals surface area (Å²) in [5.74, 6) is -11.3. The minimum Gasteiger partial charge on any atom is -0.508 e. The van der Waals surface area contributed by atoms with Crippen LogP contribution < -0.4 is 53.0 Å². The van der Waals surface area contributed by atoms with Crippen molar-refractivity contribution in [2.24, 2.45) is 28.3 Å². The van der Waals surface area contributed by atoms with Gasteiger partial charge in [-0.25, -0.2) is 14.6 Å². The number of nitrogens with two attached hydrogens (primary N) is 2. The number of fused-ring (bicyclic) bond motifs is 2. The number of carbonyl (C=O) groups is 10. The minimum absolute atomic E-state index is 0.0307. The highest BCUT2D eigenvalue weighted by Gasteiger charge is 2.41. The number of aromatic amines is 1. The summed E-state index contributed by atoms with van der Waals surface area (Å²) < 4.78 is 6.44. The lowest BCUT2D eigenvalue weighted by Crippen LogP contribution is -2.62. The van der Waals surface area contributed by atoms with Gasteiger partial charge in [-0.15, -0.1) is 0 Å². The topological polar surface area (TPSA) is 436 Å². The summed E-state index contributed by atoms with van der Waals surface area (Å²) in [6.45, 7) is 6.69. The Kier molecular flexibility index (Phi) is 24.4. The number of rotatable bonds is 31. The number of benzene rings is 3. The zero-order chi connectivity index (χ0) is 69.5. The van der Waals surface area contributed by atoms with E-state index in [1.54, 1.807) is 27.7 Å². The quantitative estimate of drug-likeness (QED) is 0.0194. The molecule has 15 N–H and O–H groups in total. The summed E-state index contributed by atoms with van der Waals surface area (Å²) >= 11 is 0. The Morgan fingerprint density at radius 2 is 1.42 bits per heavy atom. The number of aromatic nitrogens is 2. The molecule has 0 spiro atoms. The second-order valence-corrected chi connectivity index (χ2v) is 24.4. The van der Waals surface area contributed by atoms with E-state index in [0.717, 1.165) is 11.8 Å². The number of likely N-dealkylation sites (tertiary alicyclic amines) is 1. The summed E-state index contributed by atoms with van der Waals surface area (Å²) in [6.07, 6.45) is 7.91. The first kappa shape index (κ1) is 71.9. The molecule has 95 heavy (non-hydrogen) atoms. The van der Waals surface area contributed by atoms with Crippen LogP contribution in [0.25, 0.3) is 5.57 Å². The first-order chi connectivity index (χ1) is 45.0. The number of H-pyrrole nitrogens is 1. The maximum atomic E-state index is 14.7. The fourth-order valence-corrected chi connectivity index (χ4v) is 11.2. The molecule has 2 aliphatic heterocycles. The summed E-state index contributed by atoms with van der Waals surface area (Å²) in [5.41, 5.74) is 14.1. The molecule has 508 valence electrons. The number of phenolic OH excluding ortho intramolecular Hbond substituents is 1. The van der Waals surface area contributed by atoms with Gasteiger partial charge in [0, 0.05) is 92.0 Å². The molecular weight excluding hydrogens is 1230 g/mol. The molecule has 1 aliphatic carbocycles. The Balaban J connectivity index is 1.13. The number of nitrogens with one attached hydrogen (secondary N) is 7. The molecule has 7 rings (SSSR count). The highest BCUT2D eigenvalue weighted by Crippen LogP contribution is 2.45. The van der Waals surface area contributed by atoms with E-state index in [1.807, 2.05) is 74.4 Å². The second kappa shape index (κ2) is 32.3. The highest BCUT2D eigenvalue weighted by atomic mass is 16.5. The maximum absolute atomic E-state index is 14.7. The zero-order valence-electron chi connectivity index (χ0n) is 54.2. The Morgan fingerprint density at radius 1 is 0.768 bits per heavy atom. The lowest BCUT2D eigenvalue weighted by atomic mass is 9.84. The number of aromatic carboxylic acids is 1. The molecule has 1 fully saturated rings. The Bertz CT molecular complexity index is 3650. The van der Waals surface area contributed by atoms with Crippen molar-refractivity contribution in [3.8, 4) is 11.5 Å². The van der Waals surface area contributed by atoms with E-state index in [1.165, 1.54) is 53.8 Å². The van der Waals surface area contributed by atoms with Crippen molar-refractivity contribution >= 4 is 76.5 Å². The molecule has 7 amide bonds. The summed E-state index contributed by atoms with van der Waals surface area (Å²) in [4.78, 5) is 155. The number of amides is 7. The second-order valence-electron chi connectivity index (χ2n) is 24.4. The molecule has 3 aliphatic rings. The van der Waals surface area contributed by atoms with Crippen molar-refractivity contribution in [1.82, 2.24) is 51.7 Å². The van der Waals surface area contributed by atoms with Crippen molar-refractivity contribution in [3.05, 3.63) is 136 Å². The third-order valence-electron chi connectivity index (χ3n) is 16.7. The molecule has 3 aromatic carbocycles. The van der Waals surface area contributed by atoms with Crippen molar-refractivity contribution in [2.45, 2.75) is 127 Å². The minimum atomic E-state index is -1.88. The van der Waals surface area contributed by atoms with E-state index in [2.05, 4.69) is 46.9 Å². The van der Waals surface area contributed by atoms with E-state index in [0.29, 0.717) is 52.3 Å². The van der Waals surface area contributed by atoms with Crippen molar-refractivity contribution < 1.29 is 73.1 Å². The maximum Gasteiger partial charge on any atom is 0.336 e. The average Bonchev–Trinajstić information content (AvgIpc) is 0.984. The van der Waals surface area contributed by atoms with Crippen molar-refractivity contribution in [1.29, 1.82) is 0 Å². The van der Waals surface area contributed by atoms with Gasteiger partial charge in [0.2, 0.25) is 35.4 Å². The molecular formula is C66H84N14O15. The van der Waals surface area contributed by atoms with Crippen LogP contribution in [0.15, 0.2) is 108 Å². The molecule has 0 radical (unpaired) electrons. The summed E-state index contributed by atoms with van der Waals surface area (Å²) in [5, 5.41) is 56.7. The van der Waals surface area contributed by atoms with E-state index < -0.39 is 120 Å². The van der Waals surface area contributed by atoms with E-state index in [4.69, 9.17) is 16.2 Å². The number of hydrogen-bond donors (Lipinski definition) is 13. The van der Waals surface area contributed by atoms with Gasteiger partial charge in [0.15, 0.2) is 5.96 Å². The number of ether oxygens (including phenoxy) is 1. The molecule has 0 bridgehead atoms. The number of carboxylic acids is 3. The van der Waals surface area contributed by atoms with Crippen LogP contribution in [0.2, 0.25) is 0 Å². The molecule has 1 saturated heterocycles. The SMILES string of the molecule is CC[C@H](C)[C@H](NC(=O)[C@H](Cc1ccc(O)cc1)NC(=O)[C@@H](NC(=O)[C@H](CCCN=C(N)N)NC(=O)[C@H](CC(=O)O)NC(=O)c1ccc(C2=C3C=CC(N(C)C)C=C3Oc3cc(N(C)C)ccc32)c(C(=O)O)c1)C(C)C)C(=O)N[C@@H](Cc1cnc[nH]1)C(=O)N1CCC[C@H]1C(=O)O. The van der Waals surface area contributed by atoms with Gasteiger partial charge in [0.05, 0.1) is 18.3 Å². The first-order valence-corrected chi connectivity index (χ1v) is 31.1. The predicted octanol–water partition coefficient (Wildman–Crippen LogP) is 1.77. The third kappa shape index (κ3) is 18.6. The molecule has 1 unspecified atom stereocenters. The lowest BCUT2D eigenvalue weighted by molar-refractivity contribution is -0.149. The monoisotopic (exact) mass is 1310 g/mol. The summed E-state index contributed by atoms with van der Waals surface area (Å²) in [6, 6.07) is 4.76. The number of aliphatic carboxylic acids is 2. The van der Waals surface area contributed by atoms with Crippen LogP contribution in [0.1, 0.15) is 109 Å². The molecule has 29 heteroatoms. The fraction of sp³-hybridized carbons (Fsp3) is 0.424. The Morgan fingerprint density at radius 3 is 2.04 bits per heavy atom. The van der Waals surface area contributed by atoms with Gasteiger partial charge in [-0.3, -0.25) is 48.2 Å². The number of guanidine groups is 1. The molecule has 4 aromatic rings. The Labute approximate surface area is 548 Å². The van der Waals surface area contributed by atoms with Crippen LogP contribution >= 0.6 is 0 Å². The third-order valence-corrected chi connectivity index (χ3v) is 16.7. The lowest BCUT2D eigenvalue weighted by Gasteiger charge is -2.31.